The van der Waals surface area contributed by atoms with E-state index in [-0.39, 0.29) is 16.4 Å². The summed E-state index contributed by atoms with van der Waals surface area (Å²) in [6.07, 6.45) is 0. The summed E-state index contributed by atoms with van der Waals surface area (Å²) >= 11 is 0. The van der Waals surface area contributed by atoms with Crippen LogP contribution in [0.15, 0.2) is 0 Å². The Bertz CT molecular complexity index is 120. The van der Waals surface area contributed by atoms with Gasteiger partial charge in [-0.1, -0.05) is 17.9 Å². The summed E-state index contributed by atoms with van der Waals surface area (Å²) in [5.74, 6) is 0. The summed E-state index contributed by atoms with van der Waals surface area (Å²) in [6, 6.07) is 0. The van der Waals surface area contributed by atoms with Crippen molar-refractivity contribution in [1.82, 2.24) is 0 Å². The summed E-state index contributed by atoms with van der Waals surface area (Å²) in [5, 5.41) is 48.3. The second-order valence-electron chi connectivity index (χ2n) is 0.258. The van der Waals surface area contributed by atoms with Crippen LogP contribution in [0.1, 0.15) is 0 Å². The lowest BCUT2D eigenvalue weighted by molar-refractivity contribution is -0.176. The third-order valence-electron chi connectivity index (χ3n) is 0. The van der Waals surface area contributed by atoms with Crippen molar-refractivity contribution in [3.05, 3.63) is 29.8 Å². The Morgan fingerprint density at radius 2 is 0.640 bits per heavy atom. The van der Waals surface area contributed by atoms with E-state index in [2.05, 4.69) is 17.9 Å². The van der Waals surface area contributed by atoms with Gasteiger partial charge in [-0.05, 0) is 0 Å². The summed E-state index contributed by atoms with van der Waals surface area (Å²) < 4.78 is 28.4. The molecule has 2 atom stereocenters. The first-order chi connectivity index (χ1) is 11.7. The quantitative estimate of drug-likeness (QED) is 0.131. The average molecular weight is 508 g/mol. The van der Waals surface area contributed by atoms with E-state index in [1.54, 1.807) is 0 Å². The zero-order chi connectivity index (χ0) is 22.8. The van der Waals surface area contributed by atoms with Crippen molar-refractivity contribution in [1.29, 1.82) is 12.9 Å². The maximum Gasteiger partial charge on any atom is 0.140 e. The van der Waals surface area contributed by atoms with Gasteiger partial charge in [-0.15, -0.1) is 0 Å². The minimum absolute atomic E-state index is 0. The molecule has 0 aliphatic rings. The molecule has 0 rings (SSSR count). The van der Waals surface area contributed by atoms with Crippen molar-refractivity contribution in [2.45, 2.75) is 0 Å². The van der Waals surface area contributed by atoms with Crippen molar-refractivity contribution in [3.8, 4) is 0 Å². The standard InChI is InChI=1S/2H3NP2.3H2O2.3O2.2HOP.3H2O/c2*1-3-2;8*1-2;;;/h2*1H,2H2;3*1-2H;;;;2*2H;3*1H2/i;;;;;;;;2*2D;;;. The van der Waals surface area contributed by atoms with Gasteiger partial charge >= 0.3 is 0 Å². The van der Waals surface area contributed by atoms with Gasteiger partial charge in [0.05, 0.1) is 0 Å². The Morgan fingerprint density at radius 1 is 0.640 bits per heavy atom. The van der Waals surface area contributed by atoms with Gasteiger partial charge in [0.15, 0.2) is 0 Å². The number of nitrogens with one attached hydrogen (secondary N) is 2. The molecular weight excluding hydrogens is 486 g/mol. The Hall–Kier alpha value is -0.300. The van der Waals surface area contributed by atoms with E-state index in [9.17, 15) is 0 Å². The van der Waals surface area contributed by atoms with Crippen LogP contribution in [-0.4, -0.2) is 50.5 Å². The van der Waals surface area contributed by atoms with E-state index in [1.807, 2.05) is 0 Å². The Balaban J connectivity index is -0.00000000730. The SMILES string of the molecule is N=PP.N=PP.O.O.O.O=O.O=O.O=O.OO.OO.OO.[2H]P=O.[2H]P=O. The summed E-state index contributed by atoms with van der Waals surface area (Å²) in [7, 11) is 4.44. The molecule has 14 N–H and O–H groups in total. The second kappa shape index (κ2) is 4230. The second-order valence-corrected chi connectivity index (χ2v) is 2.32. The predicted molar refractivity (Wildman–Crippen MR) is 104 cm³/mol. The minimum atomic E-state index is -0.583. The number of rotatable bonds is 0. The smallest absolute Gasteiger partial charge is 0.140 e. The van der Waals surface area contributed by atoms with Crippen LogP contribution in [0, 0.1) is 40.1 Å². The minimum Gasteiger partial charge on any atom is -0.412 e. The highest BCUT2D eigenvalue weighted by Crippen LogP contribution is 2.00. The van der Waals surface area contributed by atoms with Crippen LogP contribution >= 0.6 is 52.1 Å². The molecule has 25 heavy (non-hydrogen) atoms. The third kappa shape index (κ3) is 124000. The van der Waals surface area contributed by atoms with Crippen LogP contribution in [0.3, 0.4) is 0 Å². The van der Waals surface area contributed by atoms with Gasteiger partial charge in [0.2, 0.25) is 0 Å². The van der Waals surface area contributed by atoms with Crippen LogP contribution in [0.4, 0.5) is 0 Å². The van der Waals surface area contributed by atoms with E-state index >= 15 is 0 Å². The van der Waals surface area contributed by atoms with Gasteiger partial charge < -0.3 is 16.4 Å². The molecule has 25 heteroatoms. The molecule has 0 fully saturated rings. The highest BCUT2D eigenvalue weighted by Gasteiger charge is 1.18. The molecule has 0 saturated heterocycles. The first-order valence-corrected chi connectivity index (χ1v) is 8.18. The molecule has 0 aromatic carbocycles. The first kappa shape index (κ1) is 73.9. The zero-order valence-corrected chi connectivity index (χ0v) is 17.3. The van der Waals surface area contributed by atoms with Crippen molar-refractivity contribution < 1.29 is 57.1 Å². The van der Waals surface area contributed by atoms with E-state index in [0.717, 1.165) is 0 Å². The monoisotopic (exact) mass is 508 g/mol. The highest BCUT2D eigenvalue weighted by molar-refractivity contribution is 7.96. The van der Waals surface area contributed by atoms with Gasteiger partial charge in [0.25, 0.3) is 0 Å². The van der Waals surface area contributed by atoms with Crippen LogP contribution in [0.25, 0.3) is 0 Å². The Morgan fingerprint density at radius 3 is 0.640 bits per heavy atom. The molecule has 0 radical (unpaired) electrons. The zero-order valence-electron chi connectivity index (χ0n) is 13.4. The molecule has 162 valence electrons. The fourth-order valence-electron chi connectivity index (χ4n) is 0. The van der Waals surface area contributed by atoms with Crippen molar-refractivity contribution in [3.63, 3.8) is 0 Å². The Kier molecular flexibility index (Phi) is 12500. The fraction of sp³-hybridized carbons (Fsp3) is 0. The maximum absolute atomic E-state index is 8.57. The van der Waals surface area contributed by atoms with Gasteiger partial charge in [0.1, 0.15) is 20.7 Å². The van der Waals surface area contributed by atoms with Crippen LogP contribution in [-0.2, 0) is 9.13 Å². The van der Waals surface area contributed by atoms with E-state index in [0.29, 0.717) is 16.1 Å². The number of hydrogen-bond acceptors (Lipinski definition) is 16. The van der Waals surface area contributed by atoms with Crippen molar-refractivity contribution in [2.75, 3.05) is 0 Å². The molecular formula is H20N2O17P6. The molecule has 0 aliphatic carbocycles. The van der Waals surface area contributed by atoms with Crippen LogP contribution in [0.2, 0.25) is 0 Å². The van der Waals surface area contributed by atoms with Gasteiger partial charge in [-0.2, -0.15) is 0 Å². The summed E-state index contributed by atoms with van der Waals surface area (Å²) in [6.45, 7) is 0. The first-order valence-electron chi connectivity index (χ1n) is 3.32. The molecule has 19 nitrogen and oxygen atoms in total. The molecule has 0 bridgehead atoms. The molecule has 2 unspecified atom stereocenters. The van der Waals surface area contributed by atoms with E-state index < -0.39 is 18.1 Å². The molecule has 0 amide bonds. The highest BCUT2D eigenvalue weighted by atomic mass is 32.0. The van der Waals surface area contributed by atoms with Crippen LogP contribution in [0.5, 0.6) is 0 Å². The number of hydrogen-bond donors (Lipinski definition) is 8. The summed E-state index contributed by atoms with van der Waals surface area (Å²) in [4.78, 5) is 42.0. The fourth-order valence-corrected chi connectivity index (χ4v) is 0. The summed E-state index contributed by atoms with van der Waals surface area (Å²) in [5.41, 5.74) is 0. The topological polar surface area (TPSA) is 400 Å². The van der Waals surface area contributed by atoms with Gasteiger partial charge in [0, 0.05) is 45.9 Å². The largest absolute Gasteiger partial charge is 0.412 e. The average Bonchev–Trinajstić information content (AvgIpc) is 2.67. The molecule has 0 aliphatic heterocycles. The van der Waals surface area contributed by atoms with Gasteiger partial charge in [-0.25, -0.2) is 0 Å². The lowest BCUT2D eigenvalue weighted by Gasteiger charge is -1.29. The Labute approximate surface area is 153 Å². The van der Waals surface area contributed by atoms with Gasteiger partial charge in [-0.3, -0.25) is 51.0 Å². The lowest BCUT2D eigenvalue weighted by atomic mass is 14.0. The van der Waals surface area contributed by atoms with Crippen molar-refractivity contribution >= 4 is 52.1 Å². The lowest BCUT2D eigenvalue weighted by Crippen LogP contribution is -1.29. The van der Waals surface area contributed by atoms with E-state index in [4.69, 9.17) is 83.3 Å². The molecule has 0 spiro atoms. The van der Waals surface area contributed by atoms with E-state index in [1.165, 1.54) is 0 Å². The molecule has 0 saturated carbocycles. The molecule has 0 aromatic heterocycles. The molecule has 0 heterocycles. The third-order valence-corrected chi connectivity index (χ3v) is 0. The van der Waals surface area contributed by atoms with Crippen LogP contribution < -0.4 is 0 Å². The maximum atomic E-state index is 8.57. The molecule has 0 aromatic rings. The normalized spacial score (nSPS) is 4.64. The predicted octanol–water partition coefficient (Wildman–Crippen LogP) is 1.70. The van der Waals surface area contributed by atoms with Crippen molar-refractivity contribution in [2.24, 2.45) is 0 Å².